The molecular formula is C19H25FN4. The third kappa shape index (κ3) is 5.33. The van der Waals surface area contributed by atoms with Gasteiger partial charge in [-0.2, -0.15) is 0 Å². The lowest BCUT2D eigenvalue weighted by atomic mass is 10.1. The van der Waals surface area contributed by atoms with Crippen LogP contribution in [0.4, 0.5) is 4.39 Å². The van der Waals surface area contributed by atoms with E-state index in [2.05, 4.69) is 22.2 Å². The first kappa shape index (κ1) is 17.9. The number of aliphatic imine (C=N–C) groups is 1. The molecule has 0 spiro atoms. The SMILES string of the molecule is CCNC(=NCCc1ccncc1C)N(C)Cc1cccc(F)c1. The Bertz CT molecular complexity index is 685. The molecule has 5 heteroatoms. The first-order valence-corrected chi connectivity index (χ1v) is 8.23. The predicted molar refractivity (Wildman–Crippen MR) is 96.5 cm³/mol. The Labute approximate surface area is 143 Å². The zero-order valence-electron chi connectivity index (χ0n) is 14.6. The van der Waals surface area contributed by atoms with Crippen molar-refractivity contribution < 1.29 is 4.39 Å². The van der Waals surface area contributed by atoms with E-state index in [9.17, 15) is 4.39 Å². The number of benzene rings is 1. The summed E-state index contributed by atoms with van der Waals surface area (Å²) >= 11 is 0. The zero-order valence-corrected chi connectivity index (χ0v) is 14.6. The fourth-order valence-corrected chi connectivity index (χ4v) is 2.52. The molecule has 24 heavy (non-hydrogen) atoms. The van der Waals surface area contributed by atoms with Crippen LogP contribution in [0.25, 0.3) is 0 Å². The topological polar surface area (TPSA) is 40.5 Å². The summed E-state index contributed by atoms with van der Waals surface area (Å²) in [7, 11) is 1.96. The highest BCUT2D eigenvalue weighted by Crippen LogP contribution is 2.08. The second-order valence-corrected chi connectivity index (χ2v) is 5.77. The Hall–Kier alpha value is -2.43. The van der Waals surface area contributed by atoms with Gasteiger partial charge < -0.3 is 10.2 Å². The minimum Gasteiger partial charge on any atom is -0.357 e. The average Bonchev–Trinajstić information content (AvgIpc) is 2.55. The summed E-state index contributed by atoms with van der Waals surface area (Å²) in [6, 6.07) is 8.70. The average molecular weight is 328 g/mol. The molecule has 1 aromatic heterocycles. The lowest BCUT2D eigenvalue weighted by molar-refractivity contribution is 0.475. The smallest absolute Gasteiger partial charge is 0.193 e. The van der Waals surface area contributed by atoms with Crippen molar-refractivity contribution in [1.82, 2.24) is 15.2 Å². The van der Waals surface area contributed by atoms with Crippen LogP contribution >= 0.6 is 0 Å². The molecule has 0 fully saturated rings. The molecule has 0 saturated heterocycles. The molecule has 2 aromatic rings. The fraction of sp³-hybridized carbons (Fsp3) is 0.368. The Morgan fingerprint density at radius 1 is 1.33 bits per heavy atom. The van der Waals surface area contributed by atoms with Crippen LogP contribution in [0, 0.1) is 12.7 Å². The van der Waals surface area contributed by atoms with Crippen LogP contribution in [0.15, 0.2) is 47.7 Å². The molecular weight excluding hydrogens is 303 g/mol. The molecule has 0 aliphatic rings. The van der Waals surface area contributed by atoms with Gasteiger partial charge in [0.15, 0.2) is 5.96 Å². The van der Waals surface area contributed by atoms with Gasteiger partial charge in [0, 0.05) is 39.1 Å². The standard InChI is InChI=1S/C19H25FN4/c1-4-22-19(23-11-9-17-8-10-21-13-15(17)2)24(3)14-16-6-5-7-18(20)12-16/h5-8,10,12-13H,4,9,11,14H2,1-3H3,(H,22,23). The molecule has 1 N–H and O–H groups in total. The van der Waals surface area contributed by atoms with Crippen LogP contribution in [-0.4, -0.2) is 36.0 Å². The van der Waals surface area contributed by atoms with E-state index < -0.39 is 0 Å². The zero-order chi connectivity index (χ0) is 17.4. The molecule has 0 saturated carbocycles. The third-order valence-corrected chi connectivity index (χ3v) is 3.78. The maximum Gasteiger partial charge on any atom is 0.193 e. The summed E-state index contributed by atoms with van der Waals surface area (Å²) < 4.78 is 13.3. The maximum atomic E-state index is 13.3. The van der Waals surface area contributed by atoms with E-state index in [4.69, 9.17) is 0 Å². The van der Waals surface area contributed by atoms with E-state index >= 15 is 0 Å². The van der Waals surface area contributed by atoms with Gasteiger partial charge in [-0.05, 0) is 55.2 Å². The molecule has 0 amide bonds. The maximum absolute atomic E-state index is 13.3. The van der Waals surface area contributed by atoms with Crippen LogP contribution in [0.2, 0.25) is 0 Å². The number of rotatable bonds is 6. The number of nitrogens with one attached hydrogen (secondary N) is 1. The van der Waals surface area contributed by atoms with E-state index in [0.717, 1.165) is 24.5 Å². The summed E-state index contributed by atoms with van der Waals surface area (Å²) in [5, 5.41) is 3.29. The van der Waals surface area contributed by atoms with Crippen molar-refractivity contribution in [1.29, 1.82) is 0 Å². The lowest BCUT2D eigenvalue weighted by Crippen LogP contribution is -2.38. The first-order valence-electron chi connectivity index (χ1n) is 8.23. The van der Waals surface area contributed by atoms with E-state index in [1.807, 2.05) is 43.4 Å². The fourth-order valence-electron chi connectivity index (χ4n) is 2.52. The summed E-state index contributed by atoms with van der Waals surface area (Å²) in [5.41, 5.74) is 3.37. The Morgan fingerprint density at radius 3 is 2.88 bits per heavy atom. The molecule has 0 atom stereocenters. The summed E-state index contributed by atoms with van der Waals surface area (Å²) in [4.78, 5) is 10.8. The molecule has 4 nitrogen and oxygen atoms in total. The van der Waals surface area contributed by atoms with Crippen LogP contribution in [0.3, 0.4) is 0 Å². The van der Waals surface area contributed by atoms with E-state index in [1.54, 1.807) is 12.1 Å². The van der Waals surface area contributed by atoms with Gasteiger partial charge in [0.05, 0.1) is 0 Å². The number of aryl methyl sites for hydroxylation is 1. The van der Waals surface area contributed by atoms with E-state index in [-0.39, 0.29) is 5.82 Å². The lowest BCUT2D eigenvalue weighted by Gasteiger charge is -2.22. The van der Waals surface area contributed by atoms with Gasteiger partial charge in [-0.3, -0.25) is 9.98 Å². The molecule has 0 bridgehead atoms. The highest BCUT2D eigenvalue weighted by atomic mass is 19.1. The number of aromatic nitrogens is 1. The van der Waals surface area contributed by atoms with Crippen LogP contribution in [0.1, 0.15) is 23.6 Å². The second kappa shape index (κ2) is 9.01. The predicted octanol–water partition coefficient (Wildman–Crippen LogP) is 3.17. The van der Waals surface area contributed by atoms with Gasteiger partial charge >= 0.3 is 0 Å². The number of guanidine groups is 1. The van der Waals surface area contributed by atoms with Crippen molar-refractivity contribution in [3.8, 4) is 0 Å². The van der Waals surface area contributed by atoms with E-state index in [0.29, 0.717) is 13.1 Å². The van der Waals surface area contributed by atoms with Gasteiger partial charge in [-0.25, -0.2) is 4.39 Å². The number of hydrogen-bond acceptors (Lipinski definition) is 2. The summed E-state index contributed by atoms with van der Waals surface area (Å²) in [5.74, 6) is 0.615. The van der Waals surface area contributed by atoms with Gasteiger partial charge in [-0.1, -0.05) is 12.1 Å². The minimum atomic E-state index is -0.212. The van der Waals surface area contributed by atoms with Gasteiger partial charge in [0.2, 0.25) is 0 Å². The molecule has 0 radical (unpaired) electrons. The molecule has 128 valence electrons. The number of hydrogen-bond donors (Lipinski definition) is 1. The van der Waals surface area contributed by atoms with Gasteiger partial charge in [0.1, 0.15) is 5.82 Å². The van der Waals surface area contributed by atoms with Gasteiger partial charge in [0.25, 0.3) is 0 Å². The van der Waals surface area contributed by atoms with Crippen LogP contribution in [0.5, 0.6) is 0 Å². The van der Waals surface area contributed by atoms with Crippen molar-refractivity contribution in [3.63, 3.8) is 0 Å². The summed E-state index contributed by atoms with van der Waals surface area (Å²) in [6.45, 7) is 6.20. The Balaban J connectivity index is 2.00. The van der Waals surface area contributed by atoms with Crippen LogP contribution < -0.4 is 5.32 Å². The quantitative estimate of drug-likeness (QED) is 0.654. The third-order valence-electron chi connectivity index (χ3n) is 3.78. The van der Waals surface area contributed by atoms with Crippen molar-refractivity contribution >= 4 is 5.96 Å². The number of pyridine rings is 1. The first-order chi connectivity index (χ1) is 11.6. The minimum absolute atomic E-state index is 0.212. The highest BCUT2D eigenvalue weighted by molar-refractivity contribution is 5.79. The van der Waals surface area contributed by atoms with Crippen molar-refractivity contribution in [2.45, 2.75) is 26.8 Å². The molecule has 0 aliphatic heterocycles. The molecule has 2 rings (SSSR count). The largest absolute Gasteiger partial charge is 0.357 e. The van der Waals surface area contributed by atoms with E-state index in [1.165, 1.54) is 17.2 Å². The second-order valence-electron chi connectivity index (χ2n) is 5.77. The summed E-state index contributed by atoms with van der Waals surface area (Å²) in [6.07, 6.45) is 4.56. The Morgan fingerprint density at radius 2 is 2.17 bits per heavy atom. The number of halogens is 1. The molecule has 0 unspecified atom stereocenters. The highest BCUT2D eigenvalue weighted by Gasteiger charge is 2.07. The van der Waals surface area contributed by atoms with Crippen molar-refractivity contribution in [2.24, 2.45) is 4.99 Å². The monoisotopic (exact) mass is 328 g/mol. The van der Waals surface area contributed by atoms with Crippen molar-refractivity contribution in [3.05, 3.63) is 65.2 Å². The Kier molecular flexibility index (Phi) is 6.73. The number of nitrogens with zero attached hydrogens (tertiary/aromatic N) is 3. The van der Waals surface area contributed by atoms with Crippen molar-refractivity contribution in [2.75, 3.05) is 20.1 Å². The molecule has 0 aliphatic carbocycles. The normalized spacial score (nSPS) is 11.4. The van der Waals surface area contributed by atoms with Gasteiger partial charge in [-0.15, -0.1) is 0 Å². The van der Waals surface area contributed by atoms with Crippen LogP contribution in [-0.2, 0) is 13.0 Å². The molecule has 1 heterocycles. The molecule has 1 aromatic carbocycles.